The van der Waals surface area contributed by atoms with Crippen molar-refractivity contribution in [2.24, 2.45) is 7.05 Å². The number of aromatic nitrogens is 3. The molecule has 0 saturated carbocycles. The average Bonchev–Trinajstić information content (AvgIpc) is 3.36. The molecule has 0 aliphatic carbocycles. The fourth-order valence-corrected chi connectivity index (χ4v) is 6.19. The third-order valence-electron chi connectivity index (χ3n) is 4.69. The van der Waals surface area contributed by atoms with Gasteiger partial charge in [0.25, 0.3) is 10.0 Å². The van der Waals surface area contributed by atoms with E-state index in [-0.39, 0.29) is 10.1 Å². The van der Waals surface area contributed by atoms with Crippen LogP contribution in [0.2, 0.25) is 0 Å². The van der Waals surface area contributed by atoms with Gasteiger partial charge >= 0.3 is 0 Å². The first-order valence-electron chi connectivity index (χ1n) is 8.53. The summed E-state index contributed by atoms with van der Waals surface area (Å²) < 4.78 is 28.9. The number of amides is 1. The number of carbonyl (C=O) groups excluding carboxylic acids is 1. The minimum absolute atomic E-state index is 0.260. The van der Waals surface area contributed by atoms with Gasteiger partial charge in [0.15, 0.2) is 5.65 Å². The molecule has 0 spiro atoms. The van der Waals surface area contributed by atoms with E-state index in [0.29, 0.717) is 25.1 Å². The molecule has 10 heteroatoms. The van der Waals surface area contributed by atoms with Gasteiger partial charge < -0.3 is 5.32 Å². The Balaban J connectivity index is 1.58. The molecular weight excluding hydrogens is 386 g/mol. The standard InChI is InChI=1S/C17H19N5O3S2/c1-11-13-9-12(10-18-16(13)21(2)20-11)19-17(23)14-5-3-7-22(14)27(24,25)15-6-4-8-26-15/h4,6,8-10,14H,3,5,7H2,1-2H3,(H,19,23). The predicted molar refractivity (Wildman–Crippen MR) is 103 cm³/mol. The van der Waals surface area contributed by atoms with Gasteiger partial charge in [-0.05, 0) is 37.3 Å². The van der Waals surface area contributed by atoms with Crippen LogP contribution in [-0.4, -0.2) is 46.0 Å². The Morgan fingerprint density at radius 3 is 2.96 bits per heavy atom. The molecule has 3 aromatic rings. The Kier molecular flexibility index (Phi) is 4.49. The third-order valence-corrected chi connectivity index (χ3v) is 7.98. The quantitative estimate of drug-likeness (QED) is 0.717. The summed E-state index contributed by atoms with van der Waals surface area (Å²) in [5.41, 5.74) is 2.08. The highest BCUT2D eigenvalue weighted by Crippen LogP contribution is 2.29. The summed E-state index contributed by atoms with van der Waals surface area (Å²) in [4.78, 5) is 17.2. The second-order valence-electron chi connectivity index (χ2n) is 6.50. The number of sulfonamides is 1. The molecule has 4 rings (SSSR count). The van der Waals surface area contributed by atoms with E-state index in [0.717, 1.165) is 28.1 Å². The highest BCUT2D eigenvalue weighted by molar-refractivity contribution is 7.91. The highest BCUT2D eigenvalue weighted by atomic mass is 32.2. The van der Waals surface area contributed by atoms with Gasteiger partial charge in [0.1, 0.15) is 10.3 Å². The maximum absolute atomic E-state index is 12.8. The highest BCUT2D eigenvalue weighted by Gasteiger charge is 2.39. The van der Waals surface area contributed by atoms with E-state index in [9.17, 15) is 13.2 Å². The lowest BCUT2D eigenvalue weighted by molar-refractivity contribution is -0.119. The van der Waals surface area contributed by atoms with Crippen molar-refractivity contribution in [3.8, 4) is 0 Å². The van der Waals surface area contributed by atoms with E-state index in [1.165, 1.54) is 4.31 Å². The molecule has 1 N–H and O–H groups in total. The summed E-state index contributed by atoms with van der Waals surface area (Å²) in [6, 6.07) is 4.36. The number of anilines is 1. The molecule has 8 nitrogen and oxygen atoms in total. The van der Waals surface area contributed by atoms with Crippen LogP contribution in [0.1, 0.15) is 18.5 Å². The number of nitrogens with zero attached hydrogens (tertiary/aromatic N) is 4. The SMILES string of the molecule is Cc1nn(C)c2ncc(NC(=O)C3CCCN3S(=O)(=O)c3cccs3)cc12. The zero-order chi connectivity index (χ0) is 19.2. The lowest BCUT2D eigenvalue weighted by Crippen LogP contribution is -2.42. The van der Waals surface area contributed by atoms with E-state index in [2.05, 4.69) is 15.4 Å². The molecule has 0 radical (unpaired) electrons. The zero-order valence-electron chi connectivity index (χ0n) is 14.9. The number of thiophene rings is 1. The number of carbonyl (C=O) groups is 1. The molecule has 1 unspecified atom stereocenters. The summed E-state index contributed by atoms with van der Waals surface area (Å²) in [6.45, 7) is 2.22. The summed E-state index contributed by atoms with van der Waals surface area (Å²) >= 11 is 1.16. The molecule has 1 atom stereocenters. The van der Waals surface area contributed by atoms with E-state index >= 15 is 0 Å². The first kappa shape index (κ1) is 18.1. The molecule has 1 amide bonds. The summed E-state index contributed by atoms with van der Waals surface area (Å²) in [7, 11) is -1.85. The van der Waals surface area contributed by atoms with Crippen LogP contribution >= 0.6 is 11.3 Å². The predicted octanol–water partition coefficient (Wildman–Crippen LogP) is 2.13. The number of hydrogen-bond acceptors (Lipinski definition) is 6. The van der Waals surface area contributed by atoms with Crippen molar-refractivity contribution in [1.82, 2.24) is 19.1 Å². The lowest BCUT2D eigenvalue weighted by Gasteiger charge is -2.22. The van der Waals surface area contributed by atoms with E-state index in [1.54, 1.807) is 28.4 Å². The van der Waals surface area contributed by atoms with Gasteiger partial charge in [-0.25, -0.2) is 13.4 Å². The van der Waals surface area contributed by atoms with Crippen LogP contribution in [0.25, 0.3) is 11.0 Å². The van der Waals surface area contributed by atoms with Gasteiger partial charge in [-0.2, -0.15) is 9.40 Å². The summed E-state index contributed by atoms with van der Waals surface area (Å²) in [6.07, 6.45) is 2.72. The molecule has 1 aliphatic heterocycles. The molecule has 1 fully saturated rings. The molecule has 142 valence electrons. The third kappa shape index (κ3) is 3.13. The minimum Gasteiger partial charge on any atom is -0.323 e. The summed E-state index contributed by atoms with van der Waals surface area (Å²) in [5.74, 6) is -0.338. The number of fused-ring (bicyclic) bond motifs is 1. The van der Waals surface area contributed by atoms with Crippen molar-refractivity contribution >= 4 is 44.0 Å². The van der Waals surface area contributed by atoms with Gasteiger partial charge in [-0.15, -0.1) is 11.3 Å². The average molecular weight is 406 g/mol. The molecule has 0 aromatic carbocycles. The van der Waals surface area contributed by atoms with E-state index < -0.39 is 16.1 Å². The minimum atomic E-state index is -3.66. The van der Waals surface area contributed by atoms with Crippen LogP contribution in [0.15, 0.2) is 34.0 Å². The molecule has 0 bridgehead atoms. The van der Waals surface area contributed by atoms with Gasteiger partial charge in [-0.1, -0.05) is 6.07 Å². The van der Waals surface area contributed by atoms with Crippen molar-refractivity contribution in [2.75, 3.05) is 11.9 Å². The molecule has 1 aliphatic rings. The topological polar surface area (TPSA) is 97.2 Å². The molecule has 1 saturated heterocycles. The molecule has 27 heavy (non-hydrogen) atoms. The van der Waals surface area contributed by atoms with Gasteiger partial charge in [0.2, 0.25) is 5.91 Å². The Bertz CT molecular complexity index is 1110. The lowest BCUT2D eigenvalue weighted by atomic mass is 10.2. The Labute approximate surface area is 160 Å². The first-order chi connectivity index (χ1) is 12.9. The number of nitrogens with one attached hydrogen (secondary N) is 1. The number of aryl methyl sites for hydroxylation is 2. The molecular formula is C17H19N5O3S2. The fourth-order valence-electron chi connectivity index (χ4n) is 3.42. The zero-order valence-corrected chi connectivity index (χ0v) is 16.5. The van der Waals surface area contributed by atoms with Crippen molar-refractivity contribution in [1.29, 1.82) is 0 Å². The van der Waals surface area contributed by atoms with Crippen LogP contribution in [0.4, 0.5) is 5.69 Å². The van der Waals surface area contributed by atoms with Gasteiger partial charge in [0.05, 0.1) is 17.6 Å². The number of pyridine rings is 1. The summed E-state index contributed by atoms with van der Waals surface area (Å²) in [5, 5.41) is 9.70. The normalized spacial score (nSPS) is 18.2. The van der Waals surface area contributed by atoms with Gasteiger partial charge in [0, 0.05) is 19.0 Å². The number of hydrogen-bond donors (Lipinski definition) is 1. The van der Waals surface area contributed by atoms with Crippen LogP contribution < -0.4 is 5.32 Å². The van der Waals surface area contributed by atoms with Crippen molar-refractivity contribution in [3.63, 3.8) is 0 Å². The maximum Gasteiger partial charge on any atom is 0.253 e. The monoisotopic (exact) mass is 405 g/mol. The van der Waals surface area contributed by atoms with E-state index in [1.807, 2.05) is 20.0 Å². The second kappa shape index (κ2) is 6.70. The van der Waals surface area contributed by atoms with Crippen molar-refractivity contribution in [3.05, 3.63) is 35.5 Å². The van der Waals surface area contributed by atoms with E-state index in [4.69, 9.17) is 0 Å². The van der Waals surface area contributed by atoms with Gasteiger partial charge in [-0.3, -0.25) is 9.48 Å². The smallest absolute Gasteiger partial charge is 0.253 e. The van der Waals surface area contributed by atoms with Crippen LogP contribution in [0, 0.1) is 6.92 Å². The fraction of sp³-hybridized carbons (Fsp3) is 0.353. The number of rotatable bonds is 4. The van der Waals surface area contributed by atoms with Crippen LogP contribution in [0.3, 0.4) is 0 Å². The van der Waals surface area contributed by atoms with Crippen LogP contribution in [-0.2, 0) is 21.9 Å². The maximum atomic E-state index is 12.8. The Morgan fingerprint density at radius 2 is 2.22 bits per heavy atom. The Hall–Kier alpha value is -2.30. The second-order valence-corrected chi connectivity index (χ2v) is 9.56. The Morgan fingerprint density at radius 1 is 1.41 bits per heavy atom. The molecule has 3 aromatic heterocycles. The van der Waals surface area contributed by atoms with Crippen molar-refractivity contribution < 1.29 is 13.2 Å². The van der Waals surface area contributed by atoms with Crippen molar-refractivity contribution in [2.45, 2.75) is 30.0 Å². The molecule has 4 heterocycles. The largest absolute Gasteiger partial charge is 0.323 e. The van der Waals surface area contributed by atoms with Crippen LogP contribution in [0.5, 0.6) is 0 Å². The first-order valence-corrected chi connectivity index (χ1v) is 10.9.